The number of unbranched alkanes of at least 4 members (excludes halogenated alkanes) is 38. The summed E-state index contributed by atoms with van der Waals surface area (Å²) >= 11 is 0. The lowest BCUT2D eigenvalue weighted by atomic mass is 10.0. The van der Waals surface area contributed by atoms with E-state index in [0.717, 1.165) is 78.9 Å². The van der Waals surface area contributed by atoms with Crippen molar-refractivity contribution < 1.29 is 0 Å². The van der Waals surface area contributed by atoms with Gasteiger partial charge in [-0.3, -0.25) is 9.98 Å². The lowest BCUT2D eigenvalue weighted by Crippen LogP contribution is -2.14. The molecule has 2 aromatic carbocycles. The second kappa shape index (κ2) is 47.6. The van der Waals surface area contributed by atoms with Gasteiger partial charge in [0.2, 0.25) is 0 Å². The van der Waals surface area contributed by atoms with Gasteiger partial charge in [0.05, 0.1) is 22.8 Å². The Hall–Kier alpha value is -3.10. The van der Waals surface area contributed by atoms with Gasteiger partial charge in [0.15, 0.2) is 0 Å². The van der Waals surface area contributed by atoms with Gasteiger partial charge >= 0.3 is 0 Å². The summed E-state index contributed by atoms with van der Waals surface area (Å²) in [5, 5.41) is 0. The van der Waals surface area contributed by atoms with Crippen LogP contribution < -0.4 is 0 Å². The summed E-state index contributed by atoms with van der Waals surface area (Å²) < 4.78 is 0. The molecule has 0 aromatic heterocycles. The summed E-state index contributed by atoms with van der Waals surface area (Å²) in [4.78, 5) is 10.7. The quantitative estimate of drug-likeness (QED) is 0.0359. The Labute approximate surface area is 424 Å². The molecule has 0 unspecified atom stereocenters. The van der Waals surface area contributed by atoms with Gasteiger partial charge in [-0.25, -0.2) is 0 Å². The van der Waals surface area contributed by atoms with E-state index in [1.807, 2.05) is 0 Å². The summed E-state index contributed by atoms with van der Waals surface area (Å²) in [6.45, 7) is 9.17. The zero-order valence-corrected chi connectivity index (χ0v) is 45.6. The summed E-state index contributed by atoms with van der Waals surface area (Å²) in [7, 11) is 0. The molecule has 0 aliphatic rings. The predicted molar refractivity (Wildman–Crippen MR) is 307 cm³/mol. The molecule has 0 saturated carbocycles. The zero-order chi connectivity index (χ0) is 48.5. The van der Waals surface area contributed by atoms with Crippen LogP contribution in [0.3, 0.4) is 0 Å². The minimum atomic E-state index is 0.942. The minimum Gasteiger partial charge on any atom is -0.252 e. The van der Waals surface area contributed by atoms with Crippen LogP contribution in [0.1, 0.15) is 321 Å². The third kappa shape index (κ3) is 36.8. The summed E-state index contributed by atoms with van der Waals surface area (Å²) in [6, 6.07) is 17.2. The third-order valence-corrected chi connectivity index (χ3v) is 13.9. The molecule has 0 bridgehead atoms. The van der Waals surface area contributed by atoms with E-state index < -0.39 is 0 Å². The number of nitrogens with zero attached hydrogens (tertiary/aromatic N) is 2. The van der Waals surface area contributed by atoms with Crippen LogP contribution in [-0.4, -0.2) is 11.4 Å². The van der Waals surface area contributed by atoms with E-state index in [2.05, 4.69) is 99.9 Å². The van der Waals surface area contributed by atoms with Gasteiger partial charge < -0.3 is 0 Å². The highest BCUT2D eigenvalue weighted by molar-refractivity contribution is 6.43. The van der Waals surface area contributed by atoms with Crippen LogP contribution in [0.5, 0.6) is 0 Å². The van der Waals surface area contributed by atoms with Crippen LogP contribution in [-0.2, 0) is 0 Å². The second-order valence-corrected chi connectivity index (χ2v) is 20.5. The number of hydrogen-bond donors (Lipinski definition) is 0. The molecule has 2 rings (SSSR count). The summed E-state index contributed by atoms with van der Waals surface area (Å²) in [5.41, 5.74) is 6.39. The third-order valence-electron chi connectivity index (χ3n) is 13.9. The Morgan fingerprint density at radius 3 is 0.882 bits per heavy atom. The fraction of sp³-hybridized carbons (Fsp3) is 0.727. The molecule has 0 aliphatic heterocycles. The average Bonchev–Trinajstić information content (AvgIpc) is 3.35. The number of rotatable bonds is 45. The summed E-state index contributed by atoms with van der Waals surface area (Å²) in [6.07, 6.45) is 58.7. The van der Waals surface area contributed by atoms with Crippen molar-refractivity contribution in [2.75, 3.05) is 0 Å². The SMILES string of the molecule is CCCCCCCCCCCCCCCCCCCC#Cc1cccc(N=C(CCCC)C(CCCCCC)=Nc2cccc(C#CCCCCCCCCCCCCCCCCCCC)c2)c1. The van der Waals surface area contributed by atoms with Crippen molar-refractivity contribution in [2.45, 2.75) is 310 Å². The highest BCUT2D eigenvalue weighted by Crippen LogP contribution is 2.22. The lowest BCUT2D eigenvalue weighted by Gasteiger charge is -2.12. The fourth-order valence-electron chi connectivity index (χ4n) is 9.42. The Morgan fingerprint density at radius 2 is 0.574 bits per heavy atom. The molecule has 382 valence electrons. The van der Waals surface area contributed by atoms with E-state index in [0.29, 0.717) is 0 Å². The van der Waals surface area contributed by atoms with Crippen molar-refractivity contribution in [3.05, 3.63) is 59.7 Å². The van der Waals surface area contributed by atoms with Gasteiger partial charge in [-0.05, 0) is 74.9 Å². The van der Waals surface area contributed by atoms with Crippen molar-refractivity contribution in [3.8, 4) is 23.7 Å². The molecule has 0 saturated heterocycles. The smallest absolute Gasteiger partial charge is 0.0646 e. The van der Waals surface area contributed by atoms with Gasteiger partial charge in [-0.1, -0.05) is 295 Å². The second-order valence-electron chi connectivity index (χ2n) is 20.5. The van der Waals surface area contributed by atoms with Gasteiger partial charge in [0, 0.05) is 24.0 Å². The molecule has 2 aromatic rings. The first-order valence-electron chi connectivity index (χ1n) is 30.0. The highest BCUT2D eigenvalue weighted by Gasteiger charge is 2.11. The van der Waals surface area contributed by atoms with Gasteiger partial charge in [-0.15, -0.1) is 0 Å². The maximum absolute atomic E-state index is 5.34. The Bertz CT molecular complexity index is 1620. The van der Waals surface area contributed by atoms with Crippen molar-refractivity contribution in [2.24, 2.45) is 9.98 Å². The first-order chi connectivity index (χ1) is 33.7. The van der Waals surface area contributed by atoms with Gasteiger partial charge in [0.25, 0.3) is 0 Å². The molecule has 0 radical (unpaired) electrons. The van der Waals surface area contributed by atoms with E-state index >= 15 is 0 Å². The number of hydrogen-bond acceptors (Lipinski definition) is 2. The number of benzene rings is 2. The largest absolute Gasteiger partial charge is 0.252 e. The maximum Gasteiger partial charge on any atom is 0.0646 e. The van der Waals surface area contributed by atoms with Crippen molar-refractivity contribution in [1.82, 2.24) is 0 Å². The van der Waals surface area contributed by atoms with E-state index in [1.54, 1.807) is 0 Å². The summed E-state index contributed by atoms with van der Waals surface area (Å²) in [5.74, 6) is 13.9. The molecule has 0 heterocycles. The molecule has 0 amide bonds. The van der Waals surface area contributed by atoms with Crippen molar-refractivity contribution >= 4 is 22.8 Å². The van der Waals surface area contributed by atoms with E-state index in [1.165, 1.54) is 238 Å². The molecule has 0 spiro atoms. The molecule has 0 fully saturated rings. The van der Waals surface area contributed by atoms with E-state index in [9.17, 15) is 0 Å². The highest BCUT2D eigenvalue weighted by atomic mass is 14.8. The van der Waals surface area contributed by atoms with Gasteiger partial charge in [0.1, 0.15) is 0 Å². The molecule has 0 aliphatic carbocycles. The van der Waals surface area contributed by atoms with Crippen LogP contribution in [0.2, 0.25) is 0 Å². The molecule has 2 heteroatoms. The van der Waals surface area contributed by atoms with E-state index in [-0.39, 0.29) is 0 Å². The zero-order valence-electron chi connectivity index (χ0n) is 45.6. The normalized spacial score (nSPS) is 11.7. The molecular weight excluding hydrogens is 821 g/mol. The van der Waals surface area contributed by atoms with Crippen LogP contribution in [0.4, 0.5) is 11.4 Å². The molecule has 0 N–H and O–H groups in total. The van der Waals surface area contributed by atoms with Crippen LogP contribution in [0.15, 0.2) is 58.5 Å². The number of aliphatic imine (C=N–C) groups is 2. The van der Waals surface area contributed by atoms with Crippen LogP contribution in [0.25, 0.3) is 0 Å². The molecule has 68 heavy (non-hydrogen) atoms. The monoisotopic (exact) mass is 929 g/mol. The average molecular weight is 930 g/mol. The Morgan fingerprint density at radius 1 is 0.309 bits per heavy atom. The van der Waals surface area contributed by atoms with E-state index in [4.69, 9.17) is 9.98 Å². The van der Waals surface area contributed by atoms with Crippen molar-refractivity contribution in [3.63, 3.8) is 0 Å². The first kappa shape index (κ1) is 61.0. The molecular formula is C66H108N2. The maximum atomic E-state index is 5.34. The van der Waals surface area contributed by atoms with Gasteiger partial charge in [-0.2, -0.15) is 0 Å². The molecule has 0 atom stereocenters. The first-order valence-corrected chi connectivity index (χ1v) is 30.0. The predicted octanol–water partition coefficient (Wildman–Crippen LogP) is 22.5. The fourth-order valence-corrected chi connectivity index (χ4v) is 9.42. The van der Waals surface area contributed by atoms with Crippen LogP contribution in [0, 0.1) is 23.7 Å². The Balaban J connectivity index is 1.80. The Kier molecular flexibility index (Phi) is 42.7. The topological polar surface area (TPSA) is 24.7 Å². The van der Waals surface area contributed by atoms with Crippen LogP contribution >= 0.6 is 0 Å². The lowest BCUT2D eigenvalue weighted by molar-refractivity contribution is 0.528. The molecule has 2 nitrogen and oxygen atoms in total. The standard InChI is InChI=1S/C66H108N2/c1-5-9-13-16-18-20-22-24-26-28-30-32-34-36-38-40-42-44-46-51-61-53-49-55-63(59-61)67-65(57-12-8-4)66(58-48-15-11-7-3)68-64-56-50-54-62(60-64)52-47-45-43-41-39-37-35-33-31-29-27-25-23-21-19-17-14-10-6-2/h49-50,53-56,59-60H,5-45,48,57-58H2,1-4H3. The minimum absolute atomic E-state index is 0.942. The van der Waals surface area contributed by atoms with Crippen molar-refractivity contribution in [1.29, 1.82) is 0 Å².